The second-order valence-corrected chi connectivity index (χ2v) is 4.57. The maximum Gasteiger partial charge on any atom is 0.117 e. The minimum Gasteiger partial charge on any atom is -0.468 e. The Bertz CT molecular complexity index is 422. The molecular formula is C16H21NO. The molecule has 0 aliphatic carbocycles. The molecule has 2 aromatic rings. The summed E-state index contributed by atoms with van der Waals surface area (Å²) in [6.45, 7) is 3.02. The van der Waals surface area contributed by atoms with Gasteiger partial charge in [0.1, 0.15) is 5.76 Å². The molecule has 1 heterocycles. The molecule has 1 atom stereocenters. The van der Waals surface area contributed by atoms with Crippen LogP contribution in [0.5, 0.6) is 0 Å². The van der Waals surface area contributed by atoms with Gasteiger partial charge in [0.25, 0.3) is 0 Å². The van der Waals surface area contributed by atoms with Gasteiger partial charge in [-0.2, -0.15) is 0 Å². The molecule has 0 aliphatic heterocycles. The normalized spacial score (nSPS) is 12.5. The molecule has 1 unspecified atom stereocenters. The van der Waals surface area contributed by atoms with Crippen LogP contribution >= 0.6 is 0 Å². The Morgan fingerprint density at radius 1 is 1.11 bits per heavy atom. The molecule has 0 aliphatic rings. The molecule has 0 saturated carbocycles. The number of hydrogen-bond donors (Lipinski definition) is 1. The Morgan fingerprint density at radius 3 is 2.61 bits per heavy atom. The standard InChI is InChI=1S/C16H21NO/c1-2-3-11-16(14-8-5-4-6-9-14)17-13-15-10-7-12-18-15/h4-10,12,16-17H,2-3,11,13H2,1H3. The molecule has 0 fully saturated rings. The van der Waals surface area contributed by atoms with E-state index in [1.165, 1.54) is 24.8 Å². The van der Waals surface area contributed by atoms with Gasteiger partial charge in [-0.05, 0) is 24.1 Å². The number of hydrogen-bond acceptors (Lipinski definition) is 2. The highest BCUT2D eigenvalue weighted by molar-refractivity contribution is 5.19. The van der Waals surface area contributed by atoms with Crippen LogP contribution in [0.25, 0.3) is 0 Å². The van der Waals surface area contributed by atoms with Gasteiger partial charge >= 0.3 is 0 Å². The van der Waals surface area contributed by atoms with Gasteiger partial charge in [-0.25, -0.2) is 0 Å². The lowest BCUT2D eigenvalue weighted by Gasteiger charge is -2.18. The molecule has 0 saturated heterocycles. The maximum atomic E-state index is 5.36. The van der Waals surface area contributed by atoms with Crippen LogP contribution < -0.4 is 5.32 Å². The molecule has 2 heteroatoms. The molecule has 2 nitrogen and oxygen atoms in total. The van der Waals surface area contributed by atoms with Crippen molar-refractivity contribution in [1.82, 2.24) is 5.32 Å². The first-order valence-electron chi connectivity index (χ1n) is 6.71. The number of furan rings is 1. The van der Waals surface area contributed by atoms with E-state index in [2.05, 4.69) is 42.6 Å². The third-order valence-corrected chi connectivity index (χ3v) is 3.15. The average Bonchev–Trinajstić information content (AvgIpc) is 2.93. The summed E-state index contributed by atoms with van der Waals surface area (Å²) in [4.78, 5) is 0. The number of unbranched alkanes of at least 4 members (excludes halogenated alkanes) is 1. The Hall–Kier alpha value is -1.54. The number of benzene rings is 1. The summed E-state index contributed by atoms with van der Waals surface area (Å²) in [6.07, 6.45) is 5.36. The molecular weight excluding hydrogens is 222 g/mol. The Labute approximate surface area is 109 Å². The van der Waals surface area contributed by atoms with Crippen molar-refractivity contribution in [3.63, 3.8) is 0 Å². The highest BCUT2D eigenvalue weighted by atomic mass is 16.3. The third kappa shape index (κ3) is 3.74. The van der Waals surface area contributed by atoms with Crippen molar-refractivity contribution in [3.8, 4) is 0 Å². The summed E-state index contributed by atoms with van der Waals surface area (Å²) in [5.41, 5.74) is 1.36. The lowest BCUT2D eigenvalue weighted by atomic mass is 10.0. The van der Waals surface area contributed by atoms with Crippen LogP contribution in [0.15, 0.2) is 53.1 Å². The lowest BCUT2D eigenvalue weighted by molar-refractivity contribution is 0.428. The number of rotatable bonds is 7. The van der Waals surface area contributed by atoms with Crippen molar-refractivity contribution in [2.75, 3.05) is 0 Å². The van der Waals surface area contributed by atoms with E-state index in [0.717, 1.165) is 12.3 Å². The van der Waals surface area contributed by atoms with Gasteiger partial charge < -0.3 is 9.73 Å². The molecule has 96 valence electrons. The Kier molecular flexibility index (Phi) is 5.03. The van der Waals surface area contributed by atoms with E-state index in [9.17, 15) is 0 Å². The first kappa shape index (κ1) is 12.9. The van der Waals surface area contributed by atoms with E-state index in [1.54, 1.807) is 6.26 Å². The fourth-order valence-corrected chi connectivity index (χ4v) is 2.12. The van der Waals surface area contributed by atoms with Crippen LogP contribution in [0, 0.1) is 0 Å². The summed E-state index contributed by atoms with van der Waals surface area (Å²) in [7, 11) is 0. The van der Waals surface area contributed by atoms with Crippen molar-refractivity contribution in [1.29, 1.82) is 0 Å². The summed E-state index contributed by atoms with van der Waals surface area (Å²) < 4.78 is 5.36. The van der Waals surface area contributed by atoms with Crippen LogP contribution in [0.2, 0.25) is 0 Å². The fraction of sp³-hybridized carbons (Fsp3) is 0.375. The minimum absolute atomic E-state index is 0.413. The largest absolute Gasteiger partial charge is 0.468 e. The van der Waals surface area contributed by atoms with Gasteiger partial charge in [-0.3, -0.25) is 0 Å². The van der Waals surface area contributed by atoms with Crippen LogP contribution in [-0.2, 0) is 6.54 Å². The highest BCUT2D eigenvalue weighted by Gasteiger charge is 2.10. The molecule has 1 aromatic carbocycles. The van der Waals surface area contributed by atoms with Crippen LogP contribution in [0.1, 0.15) is 43.6 Å². The Morgan fingerprint density at radius 2 is 1.94 bits per heavy atom. The van der Waals surface area contributed by atoms with Crippen molar-refractivity contribution in [2.24, 2.45) is 0 Å². The number of nitrogens with one attached hydrogen (secondary N) is 1. The zero-order valence-electron chi connectivity index (χ0n) is 10.9. The lowest BCUT2D eigenvalue weighted by Crippen LogP contribution is -2.20. The van der Waals surface area contributed by atoms with Crippen molar-refractivity contribution in [2.45, 2.75) is 38.8 Å². The van der Waals surface area contributed by atoms with Crippen LogP contribution in [0.4, 0.5) is 0 Å². The quantitative estimate of drug-likeness (QED) is 0.784. The molecule has 1 N–H and O–H groups in total. The second-order valence-electron chi connectivity index (χ2n) is 4.57. The van der Waals surface area contributed by atoms with E-state index >= 15 is 0 Å². The summed E-state index contributed by atoms with van der Waals surface area (Å²) in [5.74, 6) is 0.993. The van der Waals surface area contributed by atoms with Gasteiger partial charge in [-0.15, -0.1) is 0 Å². The SMILES string of the molecule is CCCCC(NCc1ccco1)c1ccccc1. The first-order chi connectivity index (χ1) is 8.90. The molecule has 1 aromatic heterocycles. The van der Waals surface area contributed by atoms with Gasteiger partial charge in [0.15, 0.2) is 0 Å². The van der Waals surface area contributed by atoms with E-state index in [0.29, 0.717) is 6.04 Å². The summed E-state index contributed by atoms with van der Waals surface area (Å²) >= 11 is 0. The van der Waals surface area contributed by atoms with E-state index in [1.807, 2.05) is 12.1 Å². The van der Waals surface area contributed by atoms with E-state index in [-0.39, 0.29) is 0 Å². The average molecular weight is 243 g/mol. The predicted octanol–water partition coefficient (Wildman–Crippen LogP) is 4.30. The van der Waals surface area contributed by atoms with Gasteiger partial charge in [0, 0.05) is 6.04 Å². The minimum atomic E-state index is 0.413. The molecule has 0 amide bonds. The predicted molar refractivity (Wildman–Crippen MR) is 74.3 cm³/mol. The molecule has 0 radical (unpaired) electrons. The molecule has 18 heavy (non-hydrogen) atoms. The smallest absolute Gasteiger partial charge is 0.117 e. The molecule has 2 rings (SSSR count). The van der Waals surface area contributed by atoms with Crippen LogP contribution in [-0.4, -0.2) is 0 Å². The zero-order chi connectivity index (χ0) is 12.6. The maximum absolute atomic E-state index is 5.36. The third-order valence-electron chi connectivity index (χ3n) is 3.15. The summed E-state index contributed by atoms with van der Waals surface area (Å²) in [6, 6.07) is 15.0. The van der Waals surface area contributed by atoms with Crippen molar-refractivity contribution >= 4 is 0 Å². The highest BCUT2D eigenvalue weighted by Crippen LogP contribution is 2.19. The van der Waals surface area contributed by atoms with Gasteiger partial charge in [0.2, 0.25) is 0 Å². The first-order valence-corrected chi connectivity index (χ1v) is 6.71. The van der Waals surface area contributed by atoms with Gasteiger partial charge in [-0.1, -0.05) is 50.1 Å². The molecule has 0 spiro atoms. The second kappa shape index (κ2) is 7.02. The zero-order valence-corrected chi connectivity index (χ0v) is 10.9. The fourth-order valence-electron chi connectivity index (χ4n) is 2.12. The van der Waals surface area contributed by atoms with Crippen molar-refractivity contribution < 1.29 is 4.42 Å². The summed E-state index contributed by atoms with van der Waals surface area (Å²) in [5, 5.41) is 3.58. The van der Waals surface area contributed by atoms with E-state index in [4.69, 9.17) is 4.42 Å². The monoisotopic (exact) mass is 243 g/mol. The van der Waals surface area contributed by atoms with Crippen LogP contribution in [0.3, 0.4) is 0 Å². The Balaban J connectivity index is 1.96. The topological polar surface area (TPSA) is 25.2 Å². The van der Waals surface area contributed by atoms with Crippen molar-refractivity contribution in [3.05, 3.63) is 60.1 Å². The van der Waals surface area contributed by atoms with E-state index < -0.39 is 0 Å². The van der Waals surface area contributed by atoms with Gasteiger partial charge in [0.05, 0.1) is 12.8 Å². The molecule has 0 bridgehead atoms.